The summed E-state index contributed by atoms with van der Waals surface area (Å²) in [5, 5.41) is 24.4. The molecule has 0 heterocycles. The number of nitrogens with one attached hydrogen (secondary N) is 2. The molecule has 0 bridgehead atoms. The first-order valence-electron chi connectivity index (χ1n) is 7.87. The van der Waals surface area contributed by atoms with Gasteiger partial charge in [-0.15, -0.1) is 0 Å². The van der Waals surface area contributed by atoms with Crippen LogP contribution < -0.4 is 10.6 Å². The average Bonchev–Trinajstić information content (AvgIpc) is 2.55. The van der Waals surface area contributed by atoms with Gasteiger partial charge in [0.15, 0.2) is 0 Å². The molecule has 8 nitrogen and oxygen atoms in total. The zero-order valence-electron chi connectivity index (χ0n) is 14.1. The van der Waals surface area contributed by atoms with Crippen molar-refractivity contribution >= 4 is 17.5 Å². The van der Waals surface area contributed by atoms with Crippen molar-refractivity contribution in [1.29, 1.82) is 0 Å². The number of rotatable bonds is 9. The number of nitro groups is 1. The van der Waals surface area contributed by atoms with E-state index in [2.05, 4.69) is 10.6 Å². The van der Waals surface area contributed by atoms with Crippen molar-refractivity contribution in [2.24, 2.45) is 5.92 Å². The lowest BCUT2D eigenvalue weighted by molar-refractivity contribution is -0.387. The predicted octanol–water partition coefficient (Wildman–Crippen LogP) is 0.916. The van der Waals surface area contributed by atoms with E-state index in [9.17, 15) is 24.1 Å². The van der Waals surface area contributed by atoms with Crippen LogP contribution in [0.25, 0.3) is 0 Å². The lowest BCUT2D eigenvalue weighted by Gasteiger charge is -2.21. The normalized spacial score (nSPS) is 11.9. The summed E-state index contributed by atoms with van der Waals surface area (Å²) in [7, 11) is 0. The Balaban J connectivity index is 2.61. The SMILES string of the molecule is CC(C)[C@H](NC(=O)CCc1ccc([N+](=O)[O-])c(F)c1)C(=O)NCCO. The van der Waals surface area contributed by atoms with E-state index in [1.807, 2.05) is 0 Å². The van der Waals surface area contributed by atoms with Crippen LogP contribution in [0.1, 0.15) is 25.8 Å². The highest BCUT2D eigenvalue weighted by Crippen LogP contribution is 2.18. The summed E-state index contributed by atoms with van der Waals surface area (Å²) in [5.41, 5.74) is -0.169. The lowest BCUT2D eigenvalue weighted by atomic mass is 10.0. The molecule has 0 fully saturated rings. The molecule has 0 radical (unpaired) electrons. The zero-order chi connectivity index (χ0) is 19.0. The number of nitro benzene ring substituents is 1. The first kappa shape index (κ1) is 20.5. The molecule has 9 heteroatoms. The van der Waals surface area contributed by atoms with Gasteiger partial charge in [-0.1, -0.05) is 19.9 Å². The maximum absolute atomic E-state index is 13.5. The fraction of sp³-hybridized carbons (Fsp3) is 0.500. The van der Waals surface area contributed by atoms with Gasteiger partial charge in [0, 0.05) is 19.0 Å². The van der Waals surface area contributed by atoms with Gasteiger partial charge in [-0.3, -0.25) is 19.7 Å². The van der Waals surface area contributed by atoms with Crippen molar-refractivity contribution in [2.45, 2.75) is 32.7 Å². The van der Waals surface area contributed by atoms with Gasteiger partial charge in [0.05, 0.1) is 11.5 Å². The Morgan fingerprint density at radius 3 is 2.56 bits per heavy atom. The minimum atomic E-state index is -0.952. The molecule has 0 aliphatic rings. The van der Waals surface area contributed by atoms with E-state index in [0.717, 1.165) is 12.1 Å². The number of carbonyl (C=O) groups excluding carboxylic acids is 2. The van der Waals surface area contributed by atoms with Crippen molar-refractivity contribution in [3.05, 3.63) is 39.7 Å². The highest BCUT2D eigenvalue weighted by atomic mass is 19.1. The van der Waals surface area contributed by atoms with Gasteiger partial charge in [0.1, 0.15) is 6.04 Å². The van der Waals surface area contributed by atoms with Gasteiger partial charge >= 0.3 is 5.69 Å². The van der Waals surface area contributed by atoms with Crippen LogP contribution in [0, 0.1) is 21.8 Å². The maximum Gasteiger partial charge on any atom is 0.304 e. The van der Waals surface area contributed by atoms with Crippen LogP contribution in [0.2, 0.25) is 0 Å². The second-order valence-electron chi connectivity index (χ2n) is 5.85. The number of nitrogens with zero attached hydrogens (tertiary/aromatic N) is 1. The molecule has 0 aliphatic carbocycles. The number of hydrogen-bond donors (Lipinski definition) is 3. The molecular formula is C16H22FN3O5. The van der Waals surface area contributed by atoms with Crippen molar-refractivity contribution in [2.75, 3.05) is 13.2 Å². The number of benzene rings is 1. The molecule has 1 aromatic carbocycles. The summed E-state index contributed by atoms with van der Waals surface area (Å²) in [6.07, 6.45) is 0.192. The number of hydrogen-bond acceptors (Lipinski definition) is 5. The minimum absolute atomic E-state index is 0.00769. The van der Waals surface area contributed by atoms with Crippen molar-refractivity contribution in [3.63, 3.8) is 0 Å². The largest absolute Gasteiger partial charge is 0.395 e. The van der Waals surface area contributed by atoms with Crippen LogP contribution in [0.4, 0.5) is 10.1 Å². The minimum Gasteiger partial charge on any atom is -0.395 e. The second kappa shape index (κ2) is 9.67. The van der Waals surface area contributed by atoms with Crippen LogP contribution in [-0.4, -0.2) is 41.0 Å². The van der Waals surface area contributed by atoms with Crippen LogP contribution in [0.15, 0.2) is 18.2 Å². The van der Waals surface area contributed by atoms with Crippen molar-refractivity contribution < 1.29 is 24.0 Å². The Labute approximate surface area is 144 Å². The fourth-order valence-electron chi connectivity index (χ4n) is 2.18. The highest BCUT2D eigenvalue weighted by Gasteiger charge is 2.23. The summed E-state index contributed by atoms with van der Waals surface area (Å²) < 4.78 is 13.5. The van der Waals surface area contributed by atoms with Crippen LogP contribution in [0.5, 0.6) is 0 Å². The van der Waals surface area contributed by atoms with Crippen LogP contribution in [-0.2, 0) is 16.0 Å². The molecule has 0 aromatic heterocycles. The molecule has 0 saturated heterocycles. The first-order valence-corrected chi connectivity index (χ1v) is 7.87. The molecular weight excluding hydrogens is 333 g/mol. The number of aliphatic hydroxyl groups excluding tert-OH is 1. The Morgan fingerprint density at radius 2 is 2.04 bits per heavy atom. The molecule has 25 heavy (non-hydrogen) atoms. The molecule has 0 aliphatic heterocycles. The molecule has 1 aromatic rings. The van der Waals surface area contributed by atoms with E-state index < -0.39 is 34.3 Å². The maximum atomic E-state index is 13.5. The van der Waals surface area contributed by atoms with Crippen molar-refractivity contribution in [3.8, 4) is 0 Å². The van der Waals surface area contributed by atoms with Gasteiger partial charge in [-0.2, -0.15) is 4.39 Å². The predicted molar refractivity (Wildman–Crippen MR) is 88.2 cm³/mol. The molecule has 138 valence electrons. The zero-order valence-corrected chi connectivity index (χ0v) is 14.1. The summed E-state index contributed by atoms with van der Waals surface area (Å²) in [6.45, 7) is 3.44. The summed E-state index contributed by atoms with van der Waals surface area (Å²) in [6, 6.07) is 2.73. The number of halogens is 1. The van der Waals surface area contributed by atoms with E-state index in [1.54, 1.807) is 13.8 Å². The number of aliphatic hydroxyl groups is 1. The molecule has 1 rings (SSSR count). The number of amides is 2. The topological polar surface area (TPSA) is 122 Å². The van der Waals surface area contributed by atoms with Gasteiger partial charge in [0.25, 0.3) is 0 Å². The van der Waals surface area contributed by atoms with Gasteiger partial charge < -0.3 is 15.7 Å². The van der Waals surface area contributed by atoms with E-state index in [1.165, 1.54) is 6.07 Å². The second-order valence-corrected chi connectivity index (χ2v) is 5.85. The molecule has 1 atom stereocenters. The van der Waals surface area contributed by atoms with E-state index in [0.29, 0.717) is 5.56 Å². The monoisotopic (exact) mass is 355 g/mol. The third-order valence-corrected chi connectivity index (χ3v) is 3.53. The number of carbonyl (C=O) groups is 2. The lowest BCUT2D eigenvalue weighted by Crippen LogP contribution is -2.50. The highest BCUT2D eigenvalue weighted by molar-refractivity contribution is 5.87. The number of aryl methyl sites for hydroxylation is 1. The van der Waals surface area contributed by atoms with Crippen molar-refractivity contribution in [1.82, 2.24) is 10.6 Å². The Kier molecular flexibility index (Phi) is 7.93. The molecule has 0 spiro atoms. The van der Waals surface area contributed by atoms with E-state index in [-0.39, 0.29) is 31.9 Å². The molecule has 2 amide bonds. The van der Waals surface area contributed by atoms with Gasteiger partial charge in [0.2, 0.25) is 17.6 Å². The third-order valence-electron chi connectivity index (χ3n) is 3.53. The van der Waals surface area contributed by atoms with Crippen LogP contribution >= 0.6 is 0 Å². The standard InChI is InChI=1S/C16H22FN3O5/c1-10(2)15(16(23)18-7-8-21)19-14(22)6-4-11-3-5-13(20(24)25)12(17)9-11/h3,5,9-10,15,21H,4,6-8H2,1-2H3,(H,18,23)(H,19,22)/t15-/m0/s1. The summed E-state index contributed by atoms with van der Waals surface area (Å²) in [5.74, 6) is -1.89. The molecule has 0 unspecified atom stereocenters. The van der Waals surface area contributed by atoms with Gasteiger partial charge in [-0.25, -0.2) is 0 Å². The fourth-order valence-corrected chi connectivity index (χ4v) is 2.18. The van der Waals surface area contributed by atoms with E-state index in [4.69, 9.17) is 5.11 Å². The summed E-state index contributed by atoms with van der Waals surface area (Å²) in [4.78, 5) is 33.7. The third kappa shape index (κ3) is 6.46. The van der Waals surface area contributed by atoms with E-state index >= 15 is 0 Å². The first-order chi connectivity index (χ1) is 11.8. The Hall–Kier alpha value is -2.55. The molecule has 3 N–H and O–H groups in total. The summed E-state index contributed by atoms with van der Waals surface area (Å²) >= 11 is 0. The quantitative estimate of drug-likeness (QED) is 0.449. The Bertz CT molecular complexity index is 636. The Morgan fingerprint density at radius 1 is 1.36 bits per heavy atom. The molecule has 0 saturated carbocycles. The smallest absolute Gasteiger partial charge is 0.304 e. The van der Waals surface area contributed by atoms with Gasteiger partial charge in [-0.05, 0) is 24.0 Å². The average molecular weight is 355 g/mol. The van der Waals surface area contributed by atoms with Crippen LogP contribution in [0.3, 0.4) is 0 Å².